The van der Waals surface area contributed by atoms with Crippen LogP contribution in [0.3, 0.4) is 0 Å². The summed E-state index contributed by atoms with van der Waals surface area (Å²) >= 11 is 1.67. The summed E-state index contributed by atoms with van der Waals surface area (Å²) < 4.78 is 0. The smallest absolute Gasteiger partial charge is 0.110 e. The largest absolute Gasteiger partial charge is 0.388 e. The van der Waals surface area contributed by atoms with E-state index in [4.69, 9.17) is 0 Å². The summed E-state index contributed by atoms with van der Waals surface area (Å²) in [5.74, 6) is 0. The molecule has 4 heteroatoms. The molecule has 2 heterocycles. The van der Waals surface area contributed by atoms with E-state index in [1.165, 1.54) is 30.8 Å². The van der Waals surface area contributed by atoms with Crippen molar-refractivity contribution in [2.45, 2.75) is 58.2 Å². The second-order valence-electron chi connectivity index (χ2n) is 5.12. The standard InChI is InChI=1S/C13H22N2OS/c1-9(2)15-7-5-4-6-11(15)13-14-8-12(17-13)10(3)16/h8-11,16H,4-7H2,1-3H3. The maximum Gasteiger partial charge on any atom is 0.110 e. The highest BCUT2D eigenvalue weighted by Gasteiger charge is 2.28. The van der Waals surface area contributed by atoms with Crippen molar-refractivity contribution in [3.8, 4) is 0 Å². The van der Waals surface area contributed by atoms with Gasteiger partial charge in [-0.15, -0.1) is 11.3 Å². The number of aliphatic hydroxyl groups is 1. The number of likely N-dealkylation sites (tertiary alicyclic amines) is 1. The third kappa shape index (κ3) is 2.87. The first-order valence-corrected chi connectivity index (χ1v) is 7.30. The molecule has 1 fully saturated rings. The van der Waals surface area contributed by atoms with Crippen molar-refractivity contribution in [1.82, 2.24) is 9.88 Å². The highest BCUT2D eigenvalue weighted by atomic mass is 32.1. The van der Waals surface area contributed by atoms with E-state index in [2.05, 4.69) is 23.7 Å². The predicted octanol–water partition coefficient (Wildman–Crippen LogP) is 3.13. The van der Waals surface area contributed by atoms with Crippen LogP contribution in [0.4, 0.5) is 0 Å². The molecule has 0 amide bonds. The molecule has 2 atom stereocenters. The van der Waals surface area contributed by atoms with E-state index in [0.29, 0.717) is 12.1 Å². The number of rotatable bonds is 3. The summed E-state index contributed by atoms with van der Waals surface area (Å²) in [6.45, 7) is 7.48. The number of thiazole rings is 1. The minimum atomic E-state index is -0.391. The van der Waals surface area contributed by atoms with Crippen LogP contribution < -0.4 is 0 Å². The fourth-order valence-corrected chi connectivity index (χ4v) is 3.50. The van der Waals surface area contributed by atoms with Crippen LogP contribution in [0, 0.1) is 0 Å². The summed E-state index contributed by atoms with van der Waals surface area (Å²) in [6, 6.07) is 1.03. The van der Waals surface area contributed by atoms with E-state index in [-0.39, 0.29) is 0 Å². The first-order valence-electron chi connectivity index (χ1n) is 6.49. The summed E-state index contributed by atoms with van der Waals surface area (Å²) in [4.78, 5) is 8.03. The molecule has 2 rings (SSSR count). The number of hydrogen-bond donors (Lipinski definition) is 1. The van der Waals surface area contributed by atoms with Crippen molar-refractivity contribution in [1.29, 1.82) is 0 Å². The van der Waals surface area contributed by atoms with Crippen molar-refractivity contribution in [2.24, 2.45) is 0 Å². The Morgan fingerprint density at radius 2 is 2.18 bits per heavy atom. The molecule has 17 heavy (non-hydrogen) atoms. The zero-order valence-electron chi connectivity index (χ0n) is 10.9. The summed E-state index contributed by atoms with van der Waals surface area (Å²) in [6.07, 6.45) is 5.22. The summed E-state index contributed by atoms with van der Waals surface area (Å²) in [5.41, 5.74) is 0. The van der Waals surface area contributed by atoms with Crippen molar-refractivity contribution in [2.75, 3.05) is 6.54 Å². The molecule has 2 unspecified atom stereocenters. The average Bonchev–Trinajstić information content (AvgIpc) is 2.78. The zero-order chi connectivity index (χ0) is 12.4. The SMILES string of the molecule is CC(O)c1cnc(C2CCCCN2C(C)C)s1. The Kier molecular flexibility index (Phi) is 4.17. The molecule has 1 aromatic heterocycles. The van der Waals surface area contributed by atoms with E-state index in [0.717, 1.165) is 4.88 Å². The maximum absolute atomic E-state index is 9.57. The maximum atomic E-state index is 9.57. The van der Waals surface area contributed by atoms with Crippen LogP contribution in [0.25, 0.3) is 0 Å². The molecule has 1 aliphatic rings. The van der Waals surface area contributed by atoms with Crippen LogP contribution in [-0.2, 0) is 0 Å². The van der Waals surface area contributed by atoms with Gasteiger partial charge in [-0.2, -0.15) is 0 Å². The van der Waals surface area contributed by atoms with E-state index in [1.54, 1.807) is 18.3 Å². The van der Waals surface area contributed by atoms with Gasteiger partial charge in [0.1, 0.15) is 5.01 Å². The second kappa shape index (κ2) is 5.46. The average molecular weight is 254 g/mol. The van der Waals surface area contributed by atoms with Gasteiger partial charge in [0.25, 0.3) is 0 Å². The Balaban J connectivity index is 2.17. The van der Waals surface area contributed by atoms with Gasteiger partial charge in [0.05, 0.1) is 17.0 Å². The van der Waals surface area contributed by atoms with Gasteiger partial charge in [-0.1, -0.05) is 6.42 Å². The molecule has 0 radical (unpaired) electrons. The highest BCUT2D eigenvalue weighted by Crippen LogP contribution is 2.35. The van der Waals surface area contributed by atoms with Crippen LogP contribution >= 0.6 is 11.3 Å². The van der Waals surface area contributed by atoms with Crippen LogP contribution in [-0.4, -0.2) is 27.6 Å². The number of aromatic nitrogens is 1. The predicted molar refractivity (Wildman–Crippen MR) is 71.2 cm³/mol. The van der Waals surface area contributed by atoms with E-state index >= 15 is 0 Å². The molecular formula is C13H22N2OS. The second-order valence-corrected chi connectivity index (χ2v) is 6.21. The Bertz CT molecular complexity index is 362. The molecule has 1 N–H and O–H groups in total. The van der Waals surface area contributed by atoms with Gasteiger partial charge < -0.3 is 5.11 Å². The van der Waals surface area contributed by atoms with Crippen LogP contribution in [0.2, 0.25) is 0 Å². The van der Waals surface area contributed by atoms with Crippen molar-refractivity contribution < 1.29 is 5.11 Å². The summed E-state index contributed by atoms with van der Waals surface area (Å²) in [7, 11) is 0. The topological polar surface area (TPSA) is 36.4 Å². The lowest BCUT2D eigenvalue weighted by Gasteiger charge is -2.37. The third-order valence-corrected chi connectivity index (χ3v) is 4.71. The van der Waals surface area contributed by atoms with Gasteiger partial charge in [0.15, 0.2) is 0 Å². The summed E-state index contributed by atoms with van der Waals surface area (Å²) in [5, 5.41) is 10.7. The molecule has 0 saturated carbocycles. The van der Waals surface area contributed by atoms with Crippen LogP contribution in [0.1, 0.15) is 62.1 Å². The third-order valence-electron chi connectivity index (χ3n) is 3.45. The van der Waals surface area contributed by atoms with Gasteiger partial charge in [-0.3, -0.25) is 4.90 Å². The quantitative estimate of drug-likeness (QED) is 0.900. The van der Waals surface area contributed by atoms with Crippen LogP contribution in [0.15, 0.2) is 6.20 Å². The number of piperidine rings is 1. The molecule has 1 aliphatic heterocycles. The van der Waals surface area contributed by atoms with Crippen molar-refractivity contribution >= 4 is 11.3 Å². The number of hydrogen-bond acceptors (Lipinski definition) is 4. The van der Waals surface area contributed by atoms with Gasteiger partial charge in [-0.05, 0) is 40.2 Å². The Hall–Kier alpha value is -0.450. The van der Waals surface area contributed by atoms with E-state index in [9.17, 15) is 5.11 Å². The van der Waals surface area contributed by atoms with Gasteiger partial charge in [0.2, 0.25) is 0 Å². The molecule has 1 aromatic rings. The fourth-order valence-electron chi connectivity index (χ4n) is 2.49. The number of aliphatic hydroxyl groups excluding tert-OH is 1. The Labute approximate surface area is 107 Å². The molecule has 96 valence electrons. The van der Waals surface area contributed by atoms with Crippen molar-refractivity contribution in [3.05, 3.63) is 16.1 Å². The lowest BCUT2D eigenvalue weighted by atomic mass is 10.0. The molecule has 1 saturated heterocycles. The number of nitrogens with zero attached hydrogens (tertiary/aromatic N) is 2. The van der Waals surface area contributed by atoms with Crippen molar-refractivity contribution in [3.63, 3.8) is 0 Å². The van der Waals surface area contributed by atoms with E-state index < -0.39 is 6.10 Å². The Morgan fingerprint density at radius 1 is 1.41 bits per heavy atom. The lowest BCUT2D eigenvalue weighted by Crippen LogP contribution is -2.38. The first kappa shape index (κ1) is 13.0. The molecular weight excluding hydrogens is 232 g/mol. The monoisotopic (exact) mass is 254 g/mol. The molecule has 0 aromatic carbocycles. The minimum absolute atomic E-state index is 0.391. The van der Waals surface area contributed by atoms with Gasteiger partial charge >= 0.3 is 0 Å². The first-order chi connectivity index (χ1) is 8.09. The lowest BCUT2D eigenvalue weighted by molar-refractivity contribution is 0.112. The van der Waals surface area contributed by atoms with E-state index in [1.807, 2.05) is 6.20 Å². The minimum Gasteiger partial charge on any atom is -0.388 e. The molecule has 0 aliphatic carbocycles. The van der Waals surface area contributed by atoms with Crippen LogP contribution in [0.5, 0.6) is 0 Å². The fraction of sp³-hybridized carbons (Fsp3) is 0.769. The molecule has 0 bridgehead atoms. The zero-order valence-corrected chi connectivity index (χ0v) is 11.7. The van der Waals surface area contributed by atoms with Gasteiger partial charge in [0, 0.05) is 12.2 Å². The highest BCUT2D eigenvalue weighted by molar-refractivity contribution is 7.11. The molecule has 3 nitrogen and oxygen atoms in total. The molecule has 0 spiro atoms. The Morgan fingerprint density at radius 3 is 2.76 bits per heavy atom. The van der Waals surface area contributed by atoms with Gasteiger partial charge in [-0.25, -0.2) is 4.98 Å². The normalized spacial score (nSPS) is 24.2.